The number of carbonyl (C=O) groups is 1. The molecule has 14 aromatic carbocycles. The van der Waals surface area contributed by atoms with Crippen molar-refractivity contribution in [2.75, 3.05) is 21.3 Å². The molecule has 11 nitrogen and oxygen atoms in total. The Hall–Kier alpha value is -16.2. The van der Waals surface area contributed by atoms with Crippen molar-refractivity contribution in [2.24, 2.45) is 0 Å². The summed E-state index contributed by atoms with van der Waals surface area (Å²) in [7, 11) is 0. The number of H-pyrrole nitrogens is 2. The molecule has 18 aromatic rings. The Kier molecular flexibility index (Phi) is 20.7. The van der Waals surface area contributed by atoms with Crippen molar-refractivity contribution in [3.8, 4) is 44.5 Å². The zero-order chi connectivity index (χ0) is 83.2. The Labute approximate surface area is 721 Å². The zero-order valence-electron chi connectivity index (χ0n) is 68.2. The molecule has 0 aliphatic carbocycles. The van der Waals surface area contributed by atoms with Gasteiger partial charge in [0.1, 0.15) is 22.4 Å². The molecule has 0 saturated heterocycles. The minimum Gasteiger partial charge on any atom is -0.367 e. The summed E-state index contributed by atoms with van der Waals surface area (Å²) in [5.41, 5.74) is 23.9. The van der Waals surface area contributed by atoms with Gasteiger partial charge in [-0.05, 0) is 148 Å². The molecule has 2 aliphatic heterocycles. The van der Waals surface area contributed by atoms with Crippen LogP contribution in [0.25, 0.3) is 90.9 Å². The Morgan fingerprint density at radius 2 is 0.556 bits per heavy atom. The Morgan fingerprint density at radius 1 is 0.298 bits per heavy atom. The molecular formula is C113H86N10O. The lowest BCUT2D eigenvalue weighted by Gasteiger charge is -2.38. The van der Waals surface area contributed by atoms with E-state index in [0.717, 1.165) is 145 Å². The van der Waals surface area contributed by atoms with Gasteiger partial charge in [0.05, 0.1) is 22.8 Å². The summed E-state index contributed by atoms with van der Waals surface area (Å²) < 4.78 is 2.08. The van der Waals surface area contributed by atoms with Crippen LogP contribution >= 0.6 is 0 Å². The highest BCUT2D eigenvalue weighted by atomic mass is 16.1. The summed E-state index contributed by atoms with van der Waals surface area (Å²) in [5, 5.41) is 16.5. The second-order valence-corrected chi connectivity index (χ2v) is 31.4. The highest BCUT2D eigenvalue weighted by molar-refractivity contribution is 6.09. The average Bonchev–Trinajstić information content (AvgIpc) is 1.21. The van der Waals surface area contributed by atoms with Crippen molar-refractivity contribution >= 4 is 75.0 Å². The maximum absolute atomic E-state index is 15.3. The van der Waals surface area contributed by atoms with Crippen molar-refractivity contribution in [1.82, 2.24) is 29.5 Å². The fraction of sp³-hybridized carbons (Fsp3) is 0.0442. The van der Waals surface area contributed by atoms with E-state index in [1.807, 2.05) is 55.6 Å². The van der Waals surface area contributed by atoms with Gasteiger partial charge in [-0.3, -0.25) is 4.79 Å². The second-order valence-electron chi connectivity index (χ2n) is 31.4. The number of hydrogen-bond donors (Lipinski definition) is 6. The van der Waals surface area contributed by atoms with Gasteiger partial charge in [-0.25, -0.2) is 15.0 Å². The molecule has 2 aliphatic rings. The molecule has 0 unspecified atom stereocenters. The molecule has 0 atom stereocenters. The first kappa shape index (κ1) is 76.4. The van der Waals surface area contributed by atoms with Crippen molar-refractivity contribution in [3.63, 3.8) is 0 Å². The maximum atomic E-state index is 15.3. The quantitative estimate of drug-likeness (QED) is 0.0351. The lowest BCUT2D eigenvalue weighted by atomic mass is 9.76. The molecule has 11 heteroatoms. The number of anilines is 4. The lowest BCUT2D eigenvalue weighted by molar-refractivity contribution is 0.102. The predicted molar refractivity (Wildman–Crippen MR) is 510 cm³/mol. The number of aromatic nitrogens is 6. The highest BCUT2D eigenvalue weighted by Gasteiger charge is 2.41. The third kappa shape index (κ3) is 14.3. The molecule has 8 bridgehead atoms. The van der Waals surface area contributed by atoms with Crippen LogP contribution in [0.4, 0.5) is 22.7 Å². The van der Waals surface area contributed by atoms with Crippen LogP contribution in [0.1, 0.15) is 94.6 Å². The molecular weight excluding hydrogens is 1510 g/mol. The van der Waals surface area contributed by atoms with Gasteiger partial charge in [-0.2, -0.15) is 0 Å². The van der Waals surface area contributed by atoms with Gasteiger partial charge in [0.2, 0.25) is 0 Å². The van der Waals surface area contributed by atoms with Gasteiger partial charge in [0.15, 0.2) is 0 Å². The summed E-state index contributed by atoms with van der Waals surface area (Å²) in [6, 6.07) is 147. The highest BCUT2D eigenvalue weighted by Crippen LogP contribution is 2.50. The van der Waals surface area contributed by atoms with E-state index in [-0.39, 0.29) is 5.91 Å². The molecule has 20 rings (SSSR count). The first-order valence-electron chi connectivity index (χ1n) is 42.0. The maximum Gasteiger partial charge on any atom is 0.255 e. The van der Waals surface area contributed by atoms with Crippen LogP contribution in [0.5, 0.6) is 0 Å². The molecule has 4 aromatic heterocycles. The number of aryl methyl sites for hydroxylation is 1. The molecule has 594 valence electrons. The van der Waals surface area contributed by atoms with E-state index < -0.39 is 16.6 Å². The number of rotatable bonds is 23. The van der Waals surface area contributed by atoms with E-state index in [4.69, 9.17) is 9.97 Å². The fourth-order valence-electron chi connectivity index (χ4n) is 18.3. The van der Waals surface area contributed by atoms with E-state index in [1.165, 1.54) is 0 Å². The zero-order valence-corrected chi connectivity index (χ0v) is 68.2. The number of carbonyl (C=O) groups excluding carboxylic acids is 1. The number of imidazole rings is 1. The van der Waals surface area contributed by atoms with Crippen LogP contribution in [0.15, 0.2) is 431 Å². The topological polar surface area (TPSA) is 140 Å². The van der Waals surface area contributed by atoms with Crippen molar-refractivity contribution < 1.29 is 4.79 Å². The molecule has 6 heterocycles. The molecule has 0 fully saturated rings. The Balaban J connectivity index is 0.886. The summed E-state index contributed by atoms with van der Waals surface area (Å²) in [6.45, 7) is 2.54. The monoisotopic (exact) mass is 1600 g/mol. The number of para-hydroxylation sites is 4. The van der Waals surface area contributed by atoms with E-state index >= 15 is 4.79 Å². The smallest absolute Gasteiger partial charge is 0.255 e. The SMILES string of the molecule is Cc1nccn1Cc1cccc(C(=O)Nc2ccccc2-c2c3nc(c(-c4ccccc4NC(c4ccccc4)(c4ccccc4)c4ccccc4)c4ccc([nH]4)c(-c4ccccc4NC(c4ccccc4)(c4ccccc4)c4ccccc4)c4nc(c(-c5ccccc5NC(c5ccccc5)(c5ccccc5)c5ccccc5)c5ccc2[nH]5)C=C4)C=C3)c1. The van der Waals surface area contributed by atoms with E-state index in [2.05, 4.69) is 441 Å². The van der Waals surface area contributed by atoms with Crippen LogP contribution in [0.3, 0.4) is 0 Å². The normalized spacial score (nSPS) is 11.9. The first-order valence-corrected chi connectivity index (χ1v) is 42.0. The minimum atomic E-state index is -0.931. The van der Waals surface area contributed by atoms with Crippen molar-refractivity contribution in [2.45, 2.75) is 30.1 Å². The van der Waals surface area contributed by atoms with E-state index in [0.29, 0.717) is 40.6 Å². The van der Waals surface area contributed by atoms with Gasteiger partial charge in [0.25, 0.3) is 5.91 Å². The van der Waals surface area contributed by atoms with Crippen LogP contribution in [-0.2, 0) is 23.2 Å². The first-order chi connectivity index (χ1) is 61.3. The van der Waals surface area contributed by atoms with Gasteiger partial charge >= 0.3 is 0 Å². The number of nitrogens with zero attached hydrogens (tertiary/aromatic N) is 4. The fourth-order valence-corrected chi connectivity index (χ4v) is 18.3. The lowest BCUT2D eigenvalue weighted by Crippen LogP contribution is -2.38. The summed E-state index contributed by atoms with van der Waals surface area (Å²) >= 11 is 0. The van der Waals surface area contributed by atoms with E-state index in [1.54, 1.807) is 6.20 Å². The summed E-state index contributed by atoms with van der Waals surface area (Å²) in [4.78, 5) is 40.2. The van der Waals surface area contributed by atoms with Gasteiger partial charge in [-0.1, -0.05) is 358 Å². The summed E-state index contributed by atoms with van der Waals surface area (Å²) in [5.74, 6) is 0.623. The Morgan fingerprint density at radius 3 is 0.831 bits per heavy atom. The van der Waals surface area contributed by atoms with Gasteiger partial charge in [-0.15, -0.1) is 0 Å². The number of nitrogens with one attached hydrogen (secondary N) is 6. The number of amides is 1. The third-order valence-electron chi connectivity index (χ3n) is 24.1. The molecule has 0 saturated carbocycles. The molecule has 124 heavy (non-hydrogen) atoms. The number of hydrogen-bond acceptors (Lipinski definition) is 7. The van der Waals surface area contributed by atoms with Crippen LogP contribution in [-0.4, -0.2) is 35.4 Å². The van der Waals surface area contributed by atoms with Crippen LogP contribution in [0, 0.1) is 6.92 Å². The molecule has 0 spiro atoms. The van der Waals surface area contributed by atoms with Crippen molar-refractivity contribution in [1.29, 1.82) is 0 Å². The van der Waals surface area contributed by atoms with Crippen molar-refractivity contribution in [3.05, 3.63) is 521 Å². The molecule has 0 radical (unpaired) electrons. The van der Waals surface area contributed by atoms with Crippen LogP contribution in [0.2, 0.25) is 0 Å². The predicted octanol–water partition coefficient (Wildman–Crippen LogP) is 26.3. The Bertz CT molecular complexity index is 6690. The van der Waals surface area contributed by atoms with Gasteiger partial charge < -0.3 is 35.8 Å². The largest absolute Gasteiger partial charge is 0.367 e. The third-order valence-corrected chi connectivity index (χ3v) is 24.1. The standard InChI is InChI=1S/C113H86N10O/c1-78-114-74-75-123(78)77-79-38-37-39-80(76-79)110(124)119-94-62-33-29-58-90(94)106-98-66-68-100(115-98)107(91-59-30-34-63-95(91)120-111(81-40-11-2-12-41-81,82-42-13-3-14-43-82)83-44-15-4-16-45-83)102-70-72-104(117-102)109(93-61-32-36-65-97(93)122-113(87-52-23-8-24-53-87,88-54-25-9-26-55-88)89-56-27-10-28-57-89)105-73-71-103(118-105)108(101-69-67-99(106)116-101)92-60-31-35-64-96(92)121-112(84-46-17-5-18-47-84,85-48-19-6-20-49-85)86-50-21-7-22-51-86/h2-76,115,118,120-122H,77H2,1H3,(H,119,124). The second kappa shape index (κ2) is 33.5. The molecule has 6 N–H and O–H groups in total. The number of benzene rings is 14. The number of fused-ring (bicyclic) bond motifs is 8. The number of aromatic amines is 2. The van der Waals surface area contributed by atoms with Gasteiger partial charge in [0, 0.05) is 114 Å². The average molecular weight is 1600 g/mol. The summed E-state index contributed by atoms with van der Waals surface area (Å²) in [6.07, 6.45) is 12.4. The van der Waals surface area contributed by atoms with E-state index in [9.17, 15) is 0 Å². The van der Waals surface area contributed by atoms with Crippen LogP contribution < -0.4 is 21.3 Å². The molecule has 1 amide bonds. The minimum absolute atomic E-state index is 0.262.